The highest BCUT2D eigenvalue weighted by atomic mass is 32.2. The Labute approximate surface area is 202 Å². The van der Waals surface area contributed by atoms with Crippen molar-refractivity contribution < 1.29 is 22.4 Å². The minimum absolute atomic E-state index is 0.0295. The first kappa shape index (κ1) is 24.0. The SMILES string of the molecule is Cc1ccc(S(=O)(=O)N=C(CCNC2=CC(=O)c3ccccc3C2=O)Nc2ccc(F)cc2)cc1. The predicted octanol–water partition coefficient (Wildman–Crippen LogP) is 4.28. The normalized spacial score (nSPS) is 13.8. The second kappa shape index (κ2) is 10.0. The van der Waals surface area contributed by atoms with E-state index in [2.05, 4.69) is 15.0 Å². The van der Waals surface area contributed by atoms with E-state index in [9.17, 15) is 22.4 Å². The zero-order valence-corrected chi connectivity index (χ0v) is 19.6. The van der Waals surface area contributed by atoms with E-state index in [0.717, 1.165) is 5.56 Å². The van der Waals surface area contributed by atoms with Crippen LogP contribution >= 0.6 is 0 Å². The quantitative estimate of drug-likeness (QED) is 0.378. The van der Waals surface area contributed by atoms with Crippen LogP contribution in [-0.4, -0.2) is 32.4 Å². The third-order valence-corrected chi connectivity index (χ3v) is 6.65. The number of anilines is 1. The molecule has 178 valence electrons. The maximum absolute atomic E-state index is 13.3. The Morgan fingerprint density at radius 1 is 0.914 bits per heavy atom. The summed E-state index contributed by atoms with van der Waals surface area (Å²) < 4.78 is 43.0. The molecule has 0 heterocycles. The van der Waals surface area contributed by atoms with E-state index in [1.54, 1.807) is 36.4 Å². The first-order valence-electron chi connectivity index (χ1n) is 10.8. The molecule has 0 amide bonds. The summed E-state index contributed by atoms with van der Waals surface area (Å²) in [5.74, 6) is -0.962. The standard InChI is InChI=1S/C26H22FN3O4S/c1-17-6-12-20(13-7-17)35(33,34)30-25(29-19-10-8-18(27)9-11-19)14-15-28-23-16-24(31)21-4-2-3-5-22(21)26(23)32/h2-13,16,28H,14-15H2,1H3,(H,29,30). The predicted molar refractivity (Wildman–Crippen MR) is 132 cm³/mol. The lowest BCUT2D eigenvalue weighted by Gasteiger charge is -2.17. The number of nitrogens with one attached hydrogen (secondary N) is 2. The maximum atomic E-state index is 13.3. The highest BCUT2D eigenvalue weighted by Gasteiger charge is 2.25. The average Bonchev–Trinajstić information content (AvgIpc) is 2.83. The molecule has 0 aliphatic heterocycles. The minimum atomic E-state index is -4.03. The number of fused-ring (bicyclic) bond motifs is 1. The van der Waals surface area contributed by atoms with Gasteiger partial charge in [0.05, 0.1) is 10.6 Å². The number of carbonyl (C=O) groups is 2. The van der Waals surface area contributed by atoms with Crippen molar-refractivity contribution in [3.63, 3.8) is 0 Å². The molecule has 3 aromatic rings. The van der Waals surface area contributed by atoms with E-state index in [-0.39, 0.29) is 41.0 Å². The number of ketones is 2. The third-order valence-electron chi connectivity index (χ3n) is 5.32. The molecule has 0 aromatic heterocycles. The molecule has 0 saturated heterocycles. The number of carbonyl (C=O) groups excluding carboxylic acids is 2. The molecule has 7 nitrogen and oxygen atoms in total. The number of benzene rings is 3. The number of hydrogen-bond donors (Lipinski definition) is 2. The van der Waals surface area contributed by atoms with Gasteiger partial charge in [0.2, 0.25) is 5.78 Å². The van der Waals surface area contributed by atoms with Gasteiger partial charge in [-0.3, -0.25) is 9.59 Å². The molecule has 4 rings (SSSR count). The van der Waals surface area contributed by atoms with Gasteiger partial charge in [-0.1, -0.05) is 42.0 Å². The van der Waals surface area contributed by atoms with Crippen molar-refractivity contribution in [2.24, 2.45) is 4.40 Å². The Kier molecular flexibility index (Phi) is 6.88. The summed E-state index contributed by atoms with van der Waals surface area (Å²) in [6, 6.07) is 18.2. The van der Waals surface area contributed by atoms with E-state index in [0.29, 0.717) is 16.8 Å². The summed E-state index contributed by atoms with van der Waals surface area (Å²) in [5.41, 5.74) is 2.12. The molecule has 0 unspecified atom stereocenters. The van der Waals surface area contributed by atoms with Crippen LogP contribution < -0.4 is 10.6 Å². The lowest BCUT2D eigenvalue weighted by atomic mass is 9.93. The monoisotopic (exact) mass is 491 g/mol. The van der Waals surface area contributed by atoms with Crippen molar-refractivity contribution in [2.45, 2.75) is 18.2 Å². The van der Waals surface area contributed by atoms with E-state index < -0.39 is 15.8 Å². The zero-order valence-electron chi connectivity index (χ0n) is 18.8. The van der Waals surface area contributed by atoms with Gasteiger partial charge in [-0.25, -0.2) is 4.39 Å². The van der Waals surface area contributed by atoms with Crippen molar-refractivity contribution in [1.29, 1.82) is 0 Å². The Morgan fingerprint density at radius 2 is 1.57 bits per heavy atom. The van der Waals surface area contributed by atoms with E-state index >= 15 is 0 Å². The van der Waals surface area contributed by atoms with Crippen LogP contribution in [0.15, 0.2) is 93.9 Å². The minimum Gasteiger partial charge on any atom is -0.381 e. The van der Waals surface area contributed by atoms with Gasteiger partial charge in [0.1, 0.15) is 11.7 Å². The summed E-state index contributed by atoms with van der Waals surface area (Å²) in [6.45, 7) is 1.96. The van der Waals surface area contributed by atoms with Crippen molar-refractivity contribution >= 4 is 33.1 Å². The lowest BCUT2D eigenvalue weighted by molar-refractivity contribution is 0.0978. The molecular weight excluding hydrogens is 469 g/mol. The van der Waals surface area contributed by atoms with Crippen LogP contribution in [-0.2, 0) is 10.0 Å². The first-order valence-corrected chi connectivity index (χ1v) is 12.2. The summed E-state index contributed by atoms with van der Waals surface area (Å²) in [5, 5.41) is 5.83. The fourth-order valence-corrected chi connectivity index (χ4v) is 4.51. The van der Waals surface area contributed by atoms with Gasteiger partial charge in [0.15, 0.2) is 5.78 Å². The highest BCUT2D eigenvalue weighted by Crippen LogP contribution is 2.20. The molecule has 2 N–H and O–H groups in total. The summed E-state index contributed by atoms with van der Waals surface area (Å²) in [4.78, 5) is 25.1. The van der Waals surface area contributed by atoms with Crippen molar-refractivity contribution in [3.05, 3.63) is 107 Å². The van der Waals surface area contributed by atoms with Crippen molar-refractivity contribution in [3.8, 4) is 0 Å². The van der Waals surface area contributed by atoms with Crippen LogP contribution in [0.5, 0.6) is 0 Å². The molecule has 0 saturated carbocycles. The van der Waals surface area contributed by atoms with E-state index in [1.165, 1.54) is 42.5 Å². The number of nitrogens with zero attached hydrogens (tertiary/aromatic N) is 1. The Morgan fingerprint density at radius 3 is 2.26 bits per heavy atom. The fourth-order valence-electron chi connectivity index (χ4n) is 3.50. The Bertz CT molecular complexity index is 1440. The van der Waals surface area contributed by atoms with Gasteiger partial charge in [0, 0.05) is 35.9 Å². The van der Waals surface area contributed by atoms with Crippen LogP contribution in [0.4, 0.5) is 10.1 Å². The number of Topliss-reactive ketones (excluding diaryl/α,β-unsaturated/α-hetero) is 1. The van der Waals surface area contributed by atoms with Crippen LogP contribution in [0.3, 0.4) is 0 Å². The van der Waals surface area contributed by atoms with Crippen molar-refractivity contribution in [2.75, 3.05) is 11.9 Å². The Hall–Kier alpha value is -4.11. The zero-order chi connectivity index (χ0) is 25.0. The van der Waals surface area contributed by atoms with Gasteiger partial charge in [0.25, 0.3) is 10.0 Å². The molecule has 0 spiro atoms. The van der Waals surface area contributed by atoms with Gasteiger partial charge >= 0.3 is 0 Å². The number of aryl methyl sites for hydroxylation is 1. The lowest BCUT2D eigenvalue weighted by Crippen LogP contribution is -2.29. The van der Waals surface area contributed by atoms with E-state index in [1.807, 2.05) is 6.92 Å². The highest BCUT2D eigenvalue weighted by molar-refractivity contribution is 7.90. The second-order valence-corrected chi connectivity index (χ2v) is 9.54. The molecule has 1 aliphatic carbocycles. The van der Waals surface area contributed by atoms with Crippen LogP contribution in [0.2, 0.25) is 0 Å². The van der Waals surface area contributed by atoms with Gasteiger partial charge in [-0.2, -0.15) is 8.42 Å². The molecule has 0 radical (unpaired) electrons. The largest absolute Gasteiger partial charge is 0.381 e. The molecule has 1 aliphatic rings. The topological polar surface area (TPSA) is 105 Å². The Balaban J connectivity index is 1.54. The second-order valence-electron chi connectivity index (χ2n) is 7.93. The number of hydrogen-bond acceptors (Lipinski definition) is 5. The third kappa shape index (κ3) is 5.70. The maximum Gasteiger partial charge on any atom is 0.283 e. The number of rotatable bonds is 7. The summed E-state index contributed by atoms with van der Waals surface area (Å²) >= 11 is 0. The molecule has 0 fully saturated rings. The van der Waals surface area contributed by atoms with Gasteiger partial charge in [-0.15, -0.1) is 4.40 Å². The molecule has 3 aromatic carbocycles. The van der Waals surface area contributed by atoms with Crippen molar-refractivity contribution in [1.82, 2.24) is 5.32 Å². The number of sulfonamides is 1. The smallest absolute Gasteiger partial charge is 0.283 e. The van der Waals surface area contributed by atoms with Crippen LogP contribution in [0.1, 0.15) is 32.7 Å². The molecule has 35 heavy (non-hydrogen) atoms. The van der Waals surface area contributed by atoms with Gasteiger partial charge in [-0.05, 0) is 43.3 Å². The number of halogens is 1. The first-order chi connectivity index (χ1) is 16.7. The summed E-state index contributed by atoms with van der Waals surface area (Å²) in [6.07, 6.45) is 1.31. The molecule has 9 heteroatoms. The molecule has 0 atom stereocenters. The van der Waals surface area contributed by atoms with Crippen LogP contribution in [0.25, 0.3) is 0 Å². The van der Waals surface area contributed by atoms with Gasteiger partial charge < -0.3 is 10.6 Å². The summed E-state index contributed by atoms with van der Waals surface area (Å²) in [7, 11) is -4.03. The number of allylic oxidation sites excluding steroid dienone is 2. The number of amidine groups is 1. The van der Waals surface area contributed by atoms with Crippen LogP contribution in [0, 0.1) is 12.7 Å². The molecular formula is C26H22FN3O4S. The van der Waals surface area contributed by atoms with E-state index in [4.69, 9.17) is 0 Å². The average molecular weight is 492 g/mol. The fraction of sp³-hybridized carbons (Fsp3) is 0.115. The molecule has 0 bridgehead atoms.